The molecule has 0 spiro atoms. The first-order valence-electron chi connectivity index (χ1n) is 11.9. The van der Waals surface area contributed by atoms with Gasteiger partial charge in [-0.1, -0.05) is 83.6 Å². The molecule has 2 atom stereocenters. The van der Waals surface area contributed by atoms with Crippen LogP contribution in [0.5, 0.6) is 0 Å². The number of rotatable bonds is 17. The molecule has 35 heavy (non-hydrogen) atoms. The van der Waals surface area contributed by atoms with Crippen LogP contribution >= 0.6 is 15.9 Å². The van der Waals surface area contributed by atoms with Gasteiger partial charge >= 0.3 is 5.97 Å². The fourth-order valence-corrected chi connectivity index (χ4v) is 4.47. The molecule has 0 saturated carbocycles. The summed E-state index contributed by atoms with van der Waals surface area (Å²) in [5, 5.41) is 8.57. The van der Waals surface area contributed by atoms with Crippen LogP contribution in [0.3, 0.4) is 0 Å². The molecular weight excluding hydrogens is 528 g/mol. The van der Waals surface area contributed by atoms with Gasteiger partial charge in [-0.25, -0.2) is 8.42 Å². The Morgan fingerprint density at radius 1 is 0.971 bits per heavy atom. The summed E-state index contributed by atoms with van der Waals surface area (Å²) in [5.74, 6) is -0.746. The van der Waals surface area contributed by atoms with E-state index in [0.717, 1.165) is 30.2 Å². The van der Waals surface area contributed by atoms with Crippen molar-refractivity contribution in [2.45, 2.75) is 75.2 Å². The van der Waals surface area contributed by atoms with Crippen molar-refractivity contribution in [3.63, 3.8) is 0 Å². The lowest BCUT2D eigenvalue weighted by atomic mass is 10.2. The zero-order valence-electron chi connectivity index (χ0n) is 20.6. The summed E-state index contributed by atoms with van der Waals surface area (Å²) in [5.41, 5.74) is -0.916. The Morgan fingerprint density at radius 3 is 2.20 bits per heavy atom. The van der Waals surface area contributed by atoms with Crippen molar-refractivity contribution in [2.75, 3.05) is 0 Å². The van der Waals surface area contributed by atoms with E-state index in [0.29, 0.717) is 12.8 Å². The minimum atomic E-state index is -3.54. The summed E-state index contributed by atoms with van der Waals surface area (Å²) >= 11 is 3.32. The Balaban J connectivity index is 2.31. The highest BCUT2D eigenvalue weighted by Crippen LogP contribution is 2.21. The largest absolute Gasteiger partial charge is 0.481 e. The van der Waals surface area contributed by atoms with Crippen molar-refractivity contribution in [2.24, 2.45) is 0 Å². The van der Waals surface area contributed by atoms with Crippen LogP contribution in [0.1, 0.15) is 58.8 Å². The van der Waals surface area contributed by atoms with Gasteiger partial charge < -0.3 is 9.84 Å². The molecule has 5 nitrogen and oxygen atoms in total. The summed E-state index contributed by atoms with van der Waals surface area (Å²) in [4.78, 5) is 10.7. The molecule has 0 radical (unpaired) electrons. The van der Waals surface area contributed by atoms with Gasteiger partial charge in [-0.15, -0.1) is 0 Å². The van der Waals surface area contributed by atoms with Crippen LogP contribution < -0.4 is 0 Å². The fraction of sp³-hybridized carbons (Fsp3) is 0.393. The van der Waals surface area contributed by atoms with Crippen LogP contribution in [0.25, 0.3) is 0 Å². The van der Waals surface area contributed by atoms with E-state index < -0.39 is 21.2 Å². The number of benzene rings is 1. The van der Waals surface area contributed by atoms with Gasteiger partial charge in [-0.2, -0.15) is 0 Å². The van der Waals surface area contributed by atoms with Crippen LogP contribution in [0.4, 0.5) is 0 Å². The van der Waals surface area contributed by atoms with Crippen molar-refractivity contribution < 1.29 is 23.1 Å². The average molecular weight is 566 g/mol. The summed E-state index contributed by atoms with van der Waals surface area (Å²) < 4.78 is 32.1. The van der Waals surface area contributed by atoms with Gasteiger partial charge in [0.25, 0.3) is 0 Å². The van der Waals surface area contributed by atoms with Crippen molar-refractivity contribution in [3.05, 3.63) is 89.5 Å². The maximum Gasteiger partial charge on any atom is 0.303 e. The van der Waals surface area contributed by atoms with E-state index in [1.165, 1.54) is 0 Å². The van der Waals surface area contributed by atoms with Gasteiger partial charge in [0.1, 0.15) is 0 Å². The second-order valence-corrected chi connectivity index (χ2v) is 11.1. The summed E-state index contributed by atoms with van der Waals surface area (Å²) in [7, 11) is -3.54. The zero-order valence-corrected chi connectivity index (χ0v) is 23.0. The standard InChI is InChI=1S/C28H37BrO5S/c1-3-26(34-24(2)35(32,33)27-22-20-25(29)21-23-27)18-16-14-12-10-8-6-4-5-7-9-11-13-15-17-19-28(30)31/h5-8,10-14,16,20-24,26H,3-4,9,15,17-19H2,1-2H3,(H,30,31)/b7-5-,8-6-,12-10+,13-11-,16-14+/t24?,26-/m1/s1. The molecule has 0 aliphatic carbocycles. The molecule has 1 N–H and O–H groups in total. The molecule has 0 saturated heterocycles. The number of ether oxygens (including phenoxy) is 1. The van der Waals surface area contributed by atoms with Crippen LogP contribution in [0.2, 0.25) is 0 Å². The SMILES string of the molecule is CC[C@H](C/C=C/C=C/C=C\C/C=C\C/C=C\CCCC(=O)O)OC(C)S(=O)(=O)c1ccc(Br)cc1. The van der Waals surface area contributed by atoms with Crippen molar-refractivity contribution in [1.29, 1.82) is 0 Å². The monoisotopic (exact) mass is 564 g/mol. The highest BCUT2D eigenvalue weighted by Gasteiger charge is 2.26. The Morgan fingerprint density at radius 2 is 1.57 bits per heavy atom. The summed E-state index contributed by atoms with van der Waals surface area (Å²) in [6, 6.07) is 6.59. The summed E-state index contributed by atoms with van der Waals surface area (Å²) in [6.07, 6.45) is 24.7. The second-order valence-electron chi connectivity index (χ2n) is 7.91. The number of hydrogen-bond donors (Lipinski definition) is 1. The Bertz CT molecular complexity index is 989. The number of allylic oxidation sites excluding steroid dienone is 9. The number of carboxylic acid groups (broad SMARTS) is 1. The van der Waals surface area contributed by atoms with E-state index in [9.17, 15) is 13.2 Å². The molecule has 0 aliphatic rings. The van der Waals surface area contributed by atoms with Gasteiger partial charge in [0.2, 0.25) is 9.84 Å². The van der Waals surface area contributed by atoms with E-state index in [1.54, 1.807) is 31.2 Å². The number of unbranched alkanes of at least 4 members (excludes halogenated alkanes) is 1. The maximum absolute atomic E-state index is 12.7. The van der Waals surface area contributed by atoms with E-state index in [-0.39, 0.29) is 17.4 Å². The Labute approximate surface area is 219 Å². The lowest BCUT2D eigenvalue weighted by Gasteiger charge is -2.20. The van der Waals surface area contributed by atoms with Gasteiger partial charge in [-0.05, 0) is 69.7 Å². The van der Waals surface area contributed by atoms with Crippen molar-refractivity contribution in [3.8, 4) is 0 Å². The predicted octanol–water partition coefficient (Wildman–Crippen LogP) is 7.57. The molecule has 0 amide bonds. The van der Waals surface area contributed by atoms with Gasteiger partial charge in [0.05, 0.1) is 11.0 Å². The summed E-state index contributed by atoms with van der Waals surface area (Å²) in [6.45, 7) is 3.57. The van der Waals surface area contributed by atoms with E-state index in [1.807, 2.05) is 43.4 Å². The third-order valence-corrected chi connectivity index (χ3v) is 7.51. The van der Waals surface area contributed by atoms with E-state index in [2.05, 4.69) is 40.2 Å². The number of carboxylic acids is 1. The number of hydrogen-bond acceptors (Lipinski definition) is 4. The molecule has 0 aliphatic heterocycles. The molecule has 7 heteroatoms. The van der Waals surface area contributed by atoms with Crippen LogP contribution in [0, 0.1) is 0 Å². The van der Waals surface area contributed by atoms with Gasteiger partial charge in [0.15, 0.2) is 5.44 Å². The second kappa shape index (κ2) is 18.1. The van der Waals surface area contributed by atoms with Crippen LogP contribution in [-0.2, 0) is 19.4 Å². The first-order valence-corrected chi connectivity index (χ1v) is 14.3. The first-order chi connectivity index (χ1) is 16.8. The normalized spacial score (nSPS) is 14.7. The molecule has 192 valence electrons. The molecule has 1 aromatic carbocycles. The first kappa shape index (κ1) is 30.8. The van der Waals surface area contributed by atoms with Crippen LogP contribution in [-0.4, -0.2) is 31.0 Å². The molecule has 0 bridgehead atoms. The quantitative estimate of drug-likeness (QED) is 0.120. The minimum absolute atomic E-state index is 0.174. The lowest BCUT2D eigenvalue weighted by Crippen LogP contribution is -2.26. The highest BCUT2D eigenvalue weighted by molar-refractivity contribution is 9.10. The number of aliphatic carboxylic acids is 1. The molecular formula is C28H37BrO5S. The zero-order chi connectivity index (χ0) is 25.9. The topological polar surface area (TPSA) is 80.7 Å². The average Bonchev–Trinajstić information content (AvgIpc) is 2.82. The predicted molar refractivity (Wildman–Crippen MR) is 147 cm³/mol. The van der Waals surface area contributed by atoms with Gasteiger partial charge in [-0.3, -0.25) is 4.79 Å². The van der Waals surface area contributed by atoms with Crippen molar-refractivity contribution >= 4 is 31.7 Å². The number of halogens is 1. The molecule has 0 heterocycles. The Hall–Kier alpha value is -2.22. The molecule has 0 aromatic heterocycles. The molecule has 1 rings (SSSR count). The smallest absolute Gasteiger partial charge is 0.303 e. The Kier molecular flexibility index (Phi) is 15.9. The van der Waals surface area contributed by atoms with Gasteiger partial charge in [0, 0.05) is 10.9 Å². The third kappa shape index (κ3) is 14.1. The van der Waals surface area contributed by atoms with E-state index >= 15 is 0 Å². The molecule has 1 unspecified atom stereocenters. The highest BCUT2D eigenvalue weighted by atomic mass is 79.9. The number of carbonyl (C=O) groups is 1. The minimum Gasteiger partial charge on any atom is -0.481 e. The van der Waals surface area contributed by atoms with Crippen LogP contribution in [0.15, 0.2) is 94.4 Å². The lowest BCUT2D eigenvalue weighted by molar-refractivity contribution is -0.137. The molecule has 1 aromatic rings. The maximum atomic E-state index is 12.7. The third-order valence-electron chi connectivity index (χ3n) is 5.06. The molecule has 0 fully saturated rings. The number of sulfone groups is 1. The van der Waals surface area contributed by atoms with E-state index in [4.69, 9.17) is 9.84 Å². The van der Waals surface area contributed by atoms with Crippen molar-refractivity contribution in [1.82, 2.24) is 0 Å². The fourth-order valence-electron chi connectivity index (χ4n) is 3.01.